The first-order valence-electron chi connectivity index (χ1n) is 12.3. The second kappa shape index (κ2) is 12.5. The Morgan fingerprint density at radius 2 is 1.57 bits per heavy atom. The maximum atomic E-state index is 13.6. The third-order valence-electron chi connectivity index (χ3n) is 6.41. The van der Waals surface area contributed by atoms with E-state index in [-0.39, 0.29) is 30.3 Å². The Hall–Kier alpha value is -2.94. The van der Waals surface area contributed by atoms with Crippen LogP contribution in [0.5, 0.6) is 0 Å². The van der Waals surface area contributed by atoms with Crippen molar-refractivity contribution in [3.05, 3.63) is 102 Å². The number of hydrogen-bond donors (Lipinski definition) is 0. The van der Waals surface area contributed by atoms with Gasteiger partial charge >= 0.3 is 5.97 Å². The normalized spacial score (nSPS) is 17.2. The number of sulfonamides is 1. The number of thioether (sulfide) groups is 1. The molecule has 1 aliphatic heterocycles. The highest BCUT2D eigenvalue weighted by molar-refractivity contribution is 7.99. The summed E-state index contributed by atoms with van der Waals surface area (Å²) in [5, 5.41) is 0. The number of ketones is 1. The number of carbonyl (C=O) groups excluding carboxylic acids is 2. The number of hydrogen-bond acceptors (Lipinski definition) is 6. The average Bonchev–Trinajstić information content (AvgIpc) is 2.92. The summed E-state index contributed by atoms with van der Waals surface area (Å²) in [6.07, 6.45) is 0.248. The first kappa shape index (κ1) is 27.1. The minimum atomic E-state index is -3.85. The van der Waals surface area contributed by atoms with Crippen LogP contribution in [-0.2, 0) is 37.4 Å². The van der Waals surface area contributed by atoms with Gasteiger partial charge in [-0.05, 0) is 36.6 Å². The highest BCUT2D eigenvalue weighted by Gasteiger charge is 2.39. The lowest BCUT2D eigenvalue weighted by Crippen LogP contribution is -2.50. The molecule has 3 aromatic rings. The summed E-state index contributed by atoms with van der Waals surface area (Å²) in [6, 6.07) is 24.7. The quantitative estimate of drug-likeness (QED) is 0.350. The van der Waals surface area contributed by atoms with Gasteiger partial charge in [0, 0.05) is 24.5 Å². The van der Waals surface area contributed by atoms with Crippen molar-refractivity contribution in [2.75, 3.05) is 18.1 Å². The van der Waals surface area contributed by atoms with E-state index in [1.807, 2.05) is 67.6 Å². The summed E-state index contributed by atoms with van der Waals surface area (Å²) in [4.78, 5) is 26.9. The Morgan fingerprint density at radius 3 is 2.22 bits per heavy atom. The molecule has 1 aliphatic rings. The monoisotopic (exact) mass is 537 g/mol. The van der Waals surface area contributed by atoms with Crippen LogP contribution in [0.25, 0.3) is 0 Å². The van der Waals surface area contributed by atoms with Gasteiger partial charge in [-0.3, -0.25) is 9.59 Å². The van der Waals surface area contributed by atoms with Gasteiger partial charge in [0.25, 0.3) is 0 Å². The highest BCUT2D eigenvalue weighted by atomic mass is 32.2. The van der Waals surface area contributed by atoms with E-state index in [1.165, 1.54) is 4.31 Å². The van der Waals surface area contributed by atoms with E-state index in [4.69, 9.17) is 4.74 Å². The average molecular weight is 538 g/mol. The third-order valence-corrected chi connectivity index (χ3v) is 9.35. The summed E-state index contributed by atoms with van der Waals surface area (Å²) in [6.45, 7) is 2.26. The van der Waals surface area contributed by atoms with Crippen LogP contribution in [-0.4, -0.2) is 48.6 Å². The van der Waals surface area contributed by atoms with Gasteiger partial charge in [-0.25, -0.2) is 8.42 Å². The van der Waals surface area contributed by atoms with Gasteiger partial charge < -0.3 is 4.74 Å². The van der Waals surface area contributed by atoms with Crippen molar-refractivity contribution < 1.29 is 22.7 Å². The second-order valence-corrected chi connectivity index (χ2v) is 12.2. The zero-order valence-corrected chi connectivity index (χ0v) is 22.4. The SMILES string of the molecule is Cc1ccc(S(=O)(=O)N2CCSC[C@H]2C(=O)C[C@@H](Cc2ccccc2)C(=O)OCc2ccccc2)cc1. The number of carbonyl (C=O) groups is 2. The summed E-state index contributed by atoms with van der Waals surface area (Å²) >= 11 is 1.55. The van der Waals surface area contributed by atoms with E-state index in [0.717, 1.165) is 16.7 Å². The fourth-order valence-corrected chi connectivity index (χ4v) is 7.24. The zero-order valence-electron chi connectivity index (χ0n) is 20.8. The maximum Gasteiger partial charge on any atom is 0.310 e. The van der Waals surface area contributed by atoms with Crippen molar-refractivity contribution in [3.8, 4) is 0 Å². The Kier molecular flexibility index (Phi) is 9.18. The van der Waals surface area contributed by atoms with Crippen LogP contribution >= 0.6 is 11.8 Å². The molecule has 1 fully saturated rings. The molecule has 0 aromatic heterocycles. The van der Waals surface area contributed by atoms with Crippen LogP contribution in [0.15, 0.2) is 89.8 Å². The number of Topliss-reactive ketones (excluding diaryl/α,β-unsaturated/α-hetero) is 1. The van der Waals surface area contributed by atoms with Crippen molar-refractivity contribution in [2.24, 2.45) is 5.92 Å². The van der Waals surface area contributed by atoms with Crippen LogP contribution < -0.4 is 0 Å². The fourth-order valence-electron chi connectivity index (χ4n) is 4.34. The van der Waals surface area contributed by atoms with E-state index in [1.54, 1.807) is 36.0 Å². The largest absolute Gasteiger partial charge is 0.461 e. The smallest absolute Gasteiger partial charge is 0.310 e. The highest BCUT2D eigenvalue weighted by Crippen LogP contribution is 2.28. The lowest BCUT2D eigenvalue weighted by atomic mass is 9.92. The van der Waals surface area contributed by atoms with Crippen molar-refractivity contribution >= 4 is 33.5 Å². The minimum Gasteiger partial charge on any atom is -0.461 e. The molecule has 0 unspecified atom stereocenters. The van der Waals surface area contributed by atoms with E-state index in [0.29, 0.717) is 17.9 Å². The van der Waals surface area contributed by atoms with Gasteiger partial charge in [-0.1, -0.05) is 78.4 Å². The van der Waals surface area contributed by atoms with E-state index in [9.17, 15) is 18.0 Å². The number of benzene rings is 3. The molecule has 6 nitrogen and oxygen atoms in total. The van der Waals surface area contributed by atoms with E-state index < -0.39 is 28.0 Å². The summed E-state index contributed by atoms with van der Waals surface area (Å²) in [5.74, 6) is -0.463. The van der Waals surface area contributed by atoms with Gasteiger partial charge in [0.05, 0.1) is 16.9 Å². The molecule has 0 N–H and O–H groups in total. The van der Waals surface area contributed by atoms with Crippen LogP contribution in [0, 0.1) is 12.8 Å². The van der Waals surface area contributed by atoms with Crippen LogP contribution in [0.1, 0.15) is 23.1 Å². The van der Waals surface area contributed by atoms with Crippen molar-refractivity contribution in [3.63, 3.8) is 0 Å². The molecule has 0 radical (unpaired) electrons. The van der Waals surface area contributed by atoms with Crippen molar-refractivity contribution in [1.82, 2.24) is 4.31 Å². The summed E-state index contributed by atoms with van der Waals surface area (Å²) in [7, 11) is -3.85. The number of nitrogens with zero attached hydrogens (tertiary/aromatic N) is 1. The molecular formula is C29H31NO5S2. The Balaban J connectivity index is 1.52. The van der Waals surface area contributed by atoms with E-state index >= 15 is 0 Å². The van der Waals surface area contributed by atoms with Crippen LogP contribution in [0.4, 0.5) is 0 Å². The second-order valence-electron chi connectivity index (χ2n) is 9.17. The fraction of sp³-hybridized carbons (Fsp3) is 0.310. The lowest BCUT2D eigenvalue weighted by molar-refractivity contribution is -0.151. The summed E-state index contributed by atoms with van der Waals surface area (Å²) in [5.41, 5.74) is 2.73. The number of esters is 1. The van der Waals surface area contributed by atoms with Gasteiger partial charge in [0.15, 0.2) is 5.78 Å². The Labute approximate surface area is 223 Å². The number of rotatable bonds is 10. The maximum absolute atomic E-state index is 13.6. The van der Waals surface area contributed by atoms with Crippen molar-refractivity contribution in [2.45, 2.75) is 37.3 Å². The molecule has 3 aromatic carbocycles. The van der Waals surface area contributed by atoms with Gasteiger partial charge in [-0.15, -0.1) is 0 Å². The number of aryl methyl sites for hydroxylation is 1. The predicted molar refractivity (Wildman–Crippen MR) is 146 cm³/mol. The van der Waals surface area contributed by atoms with Gasteiger partial charge in [-0.2, -0.15) is 16.1 Å². The lowest BCUT2D eigenvalue weighted by Gasteiger charge is -2.34. The van der Waals surface area contributed by atoms with Crippen LogP contribution in [0.2, 0.25) is 0 Å². The van der Waals surface area contributed by atoms with Crippen molar-refractivity contribution in [1.29, 1.82) is 0 Å². The predicted octanol–water partition coefficient (Wildman–Crippen LogP) is 4.66. The Bertz CT molecular complexity index is 1300. The third kappa shape index (κ3) is 7.09. The molecule has 0 amide bonds. The van der Waals surface area contributed by atoms with E-state index in [2.05, 4.69) is 0 Å². The first-order valence-corrected chi connectivity index (χ1v) is 14.9. The molecule has 1 saturated heterocycles. The standard InChI is InChI=1S/C29H31NO5S2/c1-22-12-14-26(15-13-22)37(33,34)30-16-17-36-21-27(30)28(31)19-25(18-23-8-4-2-5-9-23)29(32)35-20-24-10-6-3-7-11-24/h2-15,25,27H,16-21H2,1H3/t25-,27+/m1/s1. The molecule has 8 heteroatoms. The Morgan fingerprint density at radius 1 is 0.946 bits per heavy atom. The molecular weight excluding hydrogens is 506 g/mol. The topological polar surface area (TPSA) is 80.8 Å². The van der Waals surface area contributed by atoms with Crippen LogP contribution in [0.3, 0.4) is 0 Å². The van der Waals surface area contributed by atoms with Gasteiger partial charge in [0.2, 0.25) is 10.0 Å². The molecule has 4 rings (SSSR count). The zero-order chi connectivity index (χ0) is 26.3. The molecule has 0 saturated carbocycles. The molecule has 2 atom stereocenters. The molecule has 194 valence electrons. The first-order chi connectivity index (χ1) is 17.8. The molecule has 1 heterocycles. The molecule has 0 bridgehead atoms. The molecule has 0 aliphatic carbocycles. The summed E-state index contributed by atoms with van der Waals surface area (Å²) < 4.78 is 33.8. The minimum absolute atomic E-state index is 0.0896. The van der Waals surface area contributed by atoms with Gasteiger partial charge in [0.1, 0.15) is 6.61 Å². The molecule has 37 heavy (non-hydrogen) atoms. The molecule has 0 spiro atoms. The number of ether oxygens (including phenoxy) is 1.